The molecule has 2 heterocycles. The van der Waals surface area contributed by atoms with Gasteiger partial charge in [0, 0.05) is 32.3 Å². The van der Waals surface area contributed by atoms with Gasteiger partial charge in [0.25, 0.3) is 0 Å². The van der Waals surface area contributed by atoms with E-state index in [4.69, 9.17) is 5.73 Å². The van der Waals surface area contributed by atoms with Gasteiger partial charge in [0.2, 0.25) is 11.8 Å². The van der Waals surface area contributed by atoms with Crippen LogP contribution in [0, 0.1) is 0 Å². The van der Waals surface area contributed by atoms with E-state index in [9.17, 15) is 9.59 Å². The average molecular weight is 251 g/mol. The number of anilines is 1. The van der Waals surface area contributed by atoms with Gasteiger partial charge in [-0.25, -0.2) is 0 Å². The maximum atomic E-state index is 12.0. The Morgan fingerprint density at radius 1 is 1.61 bits per heavy atom. The Hall–Kier alpha value is -2.05. The van der Waals surface area contributed by atoms with Gasteiger partial charge in [-0.2, -0.15) is 5.10 Å². The van der Waals surface area contributed by atoms with E-state index in [0.717, 1.165) is 6.42 Å². The molecule has 2 amide bonds. The first-order valence-electron chi connectivity index (χ1n) is 5.88. The van der Waals surface area contributed by atoms with Crippen LogP contribution in [0.5, 0.6) is 0 Å². The minimum absolute atomic E-state index is 0.00838. The lowest BCUT2D eigenvalue weighted by atomic mass is 10.3. The van der Waals surface area contributed by atoms with Crippen molar-refractivity contribution < 1.29 is 9.59 Å². The molecule has 1 aliphatic rings. The first-order valence-corrected chi connectivity index (χ1v) is 5.88. The lowest BCUT2D eigenvalue weighted by Crippen LogP contribution is -2.38. The molecule has 1 aromatic heterocycles. The normalized spacial score (nSPS) is 18.9. The molecule has 0 aromatic carbocycles. The fraction of sp³-hybridized carbons (Fsp3) is 0.545. The van der Waals surface area contributed by atoms with Crippen molar-refractivity contribution in [3.8, 4) is 0 Å². The van der Waals surface area contributed by atoms with Crippen LogP contribution in [0.25, 0.3) is 0 Å². The lowest BCUT2D eigenvalue weighted by Gasteiger charge is -2.16. The van der Waals surface area contributed by atoms with E-state index >= 15 is 0 Å². The molecule has 1 saturated heterocycles. The van der Waals surface area contributed by atoms with Crippen molar-refractivity contribution in [2.24, 2.45) is 0 Å². The summed E-state index contributed by atoms with van der Waals surface area (Å²) in [6.07, 6.45) is 2.47. The molecule has 0 radical (unpaired) electrons. The molecule has 98 valence electrons. The highest BCUT2D eigenvalue weighted by Crippen LogP contribution is 2.10. The third-order valence-electron chi connectivity index (χ3n) is 2.91. The third kappa shape index (κ3) is 2.99. The molecule has 7 heteroatoms. The zero-order chi connectivity index (χ0) is 13.1. The van der Waals surface area contributed by atoms with E-state index in [0.29, 0.717) is 18.9 Å². The van der Waals surface area contributed by atoms with Gasteiger partial charge < -0.3 is 16.0 Å². The van der Waals surface area contributed by atoms with Gasteiger partial charge in [0.15, 0.2) is 0 Å². The SMILES string of the molecule is CC(=O)NC1CCN(C(=O)Cn2ccc(N)n2)C1. The van der Waals surface area contributed by atoms with Crippen molar-refractivity contribution in [1.82, 2.24) is 20.0 Å². The van der Waals surface area contributed by atoms with Crippen LogP contribution in [0.15, 0.2) is 12.3 Å². The highest BCUT2D eigenvalue weighted by Gasteiger charge is 2.26. The molecule has 0 aliphatic carbocycles. The van der Waals surface area contributed by atoms with Gasteiger partial charge in [-0.3, -0.25) is 14.3 Å². The predicted octanol–water partition coefficient (Wildman–Crippen LogP) is -0.798. The molecule has 2 rings (SSSR count). The fourth-order valence-corrected chi connectivity index (χ4v) is 2.10. The fourth-order valence-electron chi connectivity index (χ4n) is 2.10. The van der Waals surface area contributed by atoms with Gasteiger partial charge in [0.05, 0.1) is 0 Å². The van der Waals surface area contributed by atoms with E-state index in [1.807, 2.05) is 0 Å². The maximum absolute atomic E-state index is 12.0. The Morgan fingerprint density at radius 3 is 3.00 bits per heavy atom. The van der Waals surface area contributed by atoms with Crippen molar-refractivity contribution >= 4 is 17.6 Å². The Kier molecular flexibility index (Phi) is 3.50. The molecule has 1 atom stereocenters. The molecule has 1 aliphatic heterocycles. The number of carbonyl (C=O) groups excluding carboxylic acids is 2. The quantitative estimate of drug-likeness (QED) is 0.735. The molecule has 3 N–H and O–H groups in total. The number of likely N-dealkylation sites (tertiary alicyclic amines) is 1. The molecule has 1 unspecified atom stereocenters. The predicted molar refractivity (Wildman–Crippen MR) is 65.4 cm³/mol. The molecule has 0 saturated carbocycles. The van der Waals surface area contributed by atoms with Crippen LogP contribution in [0.2, 0.25) is 0 Å². The summed E-state index contributed by atoms with van der Waals surface area (Å²) in [4.78, 5) is 24.6. The molecular formula is C11H17N5O2. The van der Waals surface area contributed by atoms with Crippen LogP contribution in [0.3, 0.4) is 0 Å². The number of carbonyl (C=O) groups is 2. The number of nitrogens with zero attached hydrogens (tertiary/aromatic N) is 3. The molecule has 7 nitrogen and oxygen atoms in total. The van der Waals surface area contributed by atoms with Crippen LogP contribution in [-0.4, -0.2) is 45.6 Å². The summed E-state index contributed by atoms with van der Waals surface area (Å²) in [5.74, 6) is 0.334. The zero-order valence-electron chi connectivity index (χ0n) is 10.3. The van der Waals surface area contributed by atoms with E-state index in [2.05, 4.69) is 10.4 Å². The summed E-state index contributed by atoms with van der Waals surface area (Å²) >= 11 is 0. The number of nitrogens with one attached hydrogen (secondary N) is 1. The zero-order valence-corrected chi connectivity index (χ0v) is 10.3. The number of hydrogen-bond acceptors (Lipinski definition) is 4. The molecule has 1 fully saturated rings. The third-order valence-corrected chi connectivity index (χ3v) is 2.91. The van der Waals surface area contributed by atoms with Crippen LogP contribution in [-0.2, 0) is 16.1 Å². The van der Waals surface area contributed by atoms with E-state index in [1.165, 1.54) is 11.6 Å². The average Bonchev–Trinajstić information content (AvgIpc) is 2.87. The Bertz CT molecular complexity index is 456. The van der Waals surface area contributed by atoms with Crippen LogP contribution >= 0.6 is 0 Å². The summed E-state index contributed by atoms with van der Waals surface area (Å²) in [6.45, 7) is 2.90. The minimum atomic E-state index is -0.0610. The van der Waals surface area contributed by atoms with E-state index in [1.54, 1.807) is 17.2 Å². The topological polar surface area (TPSA) is 93.2 Å². The summed E-state index contributed by atoms with van der Waals surface area (Å²) in [6, 6.07) is 1.71. The molecule has 0 spiro atoms. The van der Waals surface area contributed by atoms with E-state index in [-0.39, 0.29) is 24.4 Å². The standard InChI is InChI=1S/C11H17N5O2/c1-8(17)13-9-2-4-15(6-9)11(18)7-16-5-3-10(12)14-16/h3,5,9H,2,4,6-7H2,1H3,(H2,12,14)(H,13,17). The largest absolute Gasteiger partial charge is 0.382 e. The number of nitrogens with two attached hydrogens (primary N) is 1. The first kappa shape index (κ1) is 12.4. The van der Waals surface area contributed by atoms with Crippen LogP contribution in [0.1, 0.15) is 13.3 Å². The number of amides is 2. The number of nitrogen functional groups attached to an aromatic ring is 1. The minimum Gasteiger partial charge on any atom is -0.382 e. The van der Waals surface area contributed by atoms with Gasteiger partial charge in [-0.05, 0) is 12.5 Å². The molecular weight excluding hydrogens is 234 g/mol. The first-order chi connectivity index (χ1) is 8.54. The number of hydrogen-bond donors (Lipinski definition) is 2. The summed E-state index contributed by atoms with van der Waals surface area (Å²) in [5.41, 5.74) is 5.48. The van der Waals surface area contributed by atoms with Gasteiger partial charge in [0.1, 0.15) is 12.4 Å². The monoisotopic (exact) mass is 251 g/mol. The molecule has 1 aromatic rings. The van der Waals surface area contributed by atoms with Crippen molar-refractivity contribution in [2.75, 3.05) is 18.8 Å². The Balaban J connectivity index is 1.85. The second-order valence-corrected chi connectivity index (χ2v) is 4.46. The molecule has 18 heavy (non-hydrogen) atoms. The van der Waals surface area contributed by atoms with Crippen molar-refractivity contribution in [1.29, 1.82) is 0 Å². The van der Waals surface area contributed by atoms with Crippen LogP contribution in [0.4, 0.5) is 5.82 Å². The number of rotatable bonds is 3. The Morgan fingerprint density at radius 2 is 2.39 bits per heavy atom. The summed E-state index contributed by atoms with van der Waals surface area (Å²) in [5, 5.41) is 6.79. The second kappa shape index (κ2) is 5.07. The highest BCUT2D eigenvalue weighted by molar-refractivity contribution is 5.77. The number of aromatic nitrogens is 2. The Labute approximate surface area is 105 Å². The van der Waals surface area contributed by atoms with Gasteiger partial charge >= 0.3 is 0 Å². The van der Waals surface area contributed by atoms with Crippen LogP contribution < -0.4 is 11.1 Å². The van der Waals surface area contributed by atoms with Crippen molar-refractivity contribution in [3.63, 3.8) is 0 Å². The smallest absolute Gasteiger partial charge is 0.244 e. The lowest BCUT2D eigenvalue weighted by molar-refractivity contribution is -0.131. The maximum Gasteiger partial charge on any atom is 0.244 e. The second-order valence-electron chi connectivity index (χ2n) is 4.46. The highest BCUT2D eigenvalue weighted by atomic mass is 16.2. The van der Waals surface area contributed by atoms with E-state index < -0.39 is 0 Å². The van der Waals surface area contributed by atoms with Gasteiger partial charge in [-0.1, -0.05) is 0 Å². The molecule has 0 bridgehead atoms. The van der Waals surface area contributed by atoms with Crippen molar-refractivity contribution in [2.45, 2.75) is 25.9 Å². The summed E-state index contributed by atoms with van der Waals surface area (Å²) < 4.78 is 1.52. The summed E-state index contributed by atoms with van der Waals surface area (Å²) in [7, 11) is 0. The van der Waals surface area contributed by atoms with Gasteiger partial charge in [-0.15, -0.1) is 0 Å². The van der Waals surface area contributed by atoms with Crippen molar-refractivity contribution in [3.05, 3.63) is 12.3 Å².